The molecule has 2 aromatic heterocycles. The van der Waals surface area contributed by atoms with Crippen LogP contribution in [0.1, 0.15) is 143 Å². The minimum atomic E-state index is -5.93. The van der Waals surface area contributed by atoms with E-state index < -0.39 is 103 Å². The highest BCUT2D eigenvalue weighted by Crippen LogP contribution is 2.56. The minimum Gasteiger partial charge on any atom is -0.790 e. The average Bonchev–Trinajstić information content (AvgIpc) is 3.93. The maximum atomic E-state index is 12.7. The molecule has 442 valence electrons. The normalized spacial score (nSPS) is 24.1. The Hall–Kier alpha value is -2.60. The Labute approximate surface area is 452 Å². The highest BCUT2D eigenvalue weighted by molar-refractivity contribution is 8.13. The van der Waals surface area contributed by atoms with Gasteiger partial charge in [-0.1, -0.05) is 109 Å². The molecule has 77 heavy (non-hydrogen) atoms. The van der Waals surface area contributed by atoms with Crippen LogP contribution in [0.5, 0.6) is 0 Å². The van der Waals surface area contributed by atoms with Crippen molar-refractivity contribution in [2.24, 2.45) is 5.41 Å². The van der Waals surface area contributed by atoms with Crippen LogP contribution < -0.4 is 35.9 Å². The molecular weight excluding hydrogens is 1100 g/mol. The number of imidazole rings is 1. The average molecular weight is 1180 g/mol. The number of nitrogens with two attached hydrogens (primary N) is 1. The van der Waals surface area contributed by atoms with Gasteiger partial charge in [-0.25, -0.2) is 19.3 Å². The summed E-state index contributed by atoms with van der Waals surface area (Å²) in [4.78, 5) is 97.1. The van der Waals surface area contributed by atoms with Gasteiger partial charge in [0.2, 0.25) is 11.8 Å². The van der Waals surface area contributed by atoms with Crippen molar-refractivity contribution in [1.82, 2.24) is 30.2 Å². The van der Waals surface area contributed by atoms with Gasteiger partial charge in [-0.15, -0.1) is 0 Å². The van der Waals surface area contributed by atoms with E-state index in [0.29, 0.717) is 18.8 Å². The van der Waals surface area contributed by atoms with Gasteiger partial charge < -0.3 is 88.7 Å². The van der Waals surface area contributed by atoms with Gasteiger partial charge in [-0.05, 0) is 19.8 Å². The Morgan fingerprint density at radius 1 is 0.831 bits per heavy atom. The van der Waals surface area contributed by atoms with E-state index in [1.807, 2.05) is 0 Å². The lowest BCUT2D eigenvalue weighted by atomic mass is 9.87. The van der Waals surface area contributed by atoms with E-state index in [2.05, 4.69) is 43.5 Å². The zero-order valence-electron chi connectivity index (χ0n) is 43.7. The third-order valence-corrected chi connectivity index (χ3v) is 16.7. The number of nitrogens with zero attached hydrogens (tertiary/aromatic N) is 4. The van der Waals surface area contributed by atoms with Crippen LogP contribution in [0.25, 0.3) is 11.2 Å². The number of hydrogen-bond acceptors (Lipinski definition) is 26. The van der Waals surface area contributed by atoms with Crippen molar-refractivity contribution >= 4 is 69.1 Å². The largest absolute Gasteiger partial charge is 0.790 e. The number of phosphoric ester groups is 3. The molecule has 2 aliphatic rings. The van der Waals surface area contributed by atoms with Gasteiger partial charge in [-0.3, -0.25) is 28.1 Å². The highest BCUT2D eigenvalue weighted by atomic mass is 32.2. The summed E-state index contributed by atoms with van der Waals surface area (Å²) in [6.07, 6.45) is 7.65. The van der Waals surface area contributed by atoms with Crippen LogP contribution in [0.3, 0.4) is 0 Å². The summed E-state index contributed by atoms with van der Waals surface area (Å²) in [7, 11) is -17.6. The monoisotopic (exact) mass is 1180 g/mol. The SMILES string of the molecule is C[C@@H]1O[C@@H](OCCCCCCCCCCCCCCCCCC(=O)SCCNC(=O)CCNC(=O)[C@H](O)C(C)(C)COP(=O)([O-])OP(=O)([O-])OC[C@H]2O[C@@H](n3cnc4c(N)ncnc43)[C@H](O)[C@@H]2OP(=O)([O-])[O-])[C@H](O)C[C@H]1O. The number of anilines is 1. The Morgan fingerprint density at radius 3 is 2.05 bits per heavy atom. The number of carbonyl (C=O) groups excluding carboxylic acids is 3. The third kappa shape index (κ3) is 24.2. The second-order valence-corrected chi connectivity index (χ2v) is 24.9. The first kappa shape index (κ1) is 66.9. The lowest BCUT2D eigenvalue weighted by Gasteiger charge is -2.36. The van der Waals surface area contributed by atoms with Crippen LogP contribution in [0.15, 0.2) is 12.7 Å². The molecule has 0 aromatic carbocycles. The number of ether oxygens (including phenoxy) is 3. The molecule has 32 heteroatoms. The smallest absolute Gasteiger partial charge is 0.274 e. The molecule has 4 heterocycles. The van der Waals surface area contributed by atoms with Crippen LogP contribution >= 0.6 is 35.2 Å². The Balaban J connectivity index is 0.980. The molecule has 2 unspecified atom stereocenters. The van der Waals surface area contributed by atoms with E-state index in [9.17, 15) is 68.1 Å². The molecule has 0 spiro atoms. The summed E-state index contributed by atoms with van der Waals surface area (Å²) in [5.74, 6) is -1.18. The van der Waals surface area contributed by atoms with E-state index in [1.165, 1.54) is 65.2 Å². The number of phosphoric acid groups is 3. The van der Waals surface area contributed by atoms with Crippen molar-refractivity contribution < 1.29 is 100 Å². The topological polar surface area (TPSA) is 434 Å². The number of aromatic nitrogens is 4. The first-order valence-corrected chi connectivity index (χ1v) is 31.3. The molecule has 0 bridgehead atoms. The van der Waals surface area contributed by atoms with Crippen molar-refractivity contribution in [3.8, 4) is 0 Å². The van der Waals surface area contributed by atoms with E-state index in [4.69, 9.17) is 19.9 Å². The molecule has 2 aliphatic heterocycles. The van der Waals surface area contributed by atoms with E-state index >= 15 is 0 Å². The molecule has 4 rings (SSSR count). The van der Waals surface area contributed by atoms with Gasteiger partial charge in [0.15, 0.2) is 29.1 Å². The van der Waals surface area contributed by atoms with Gasteiger partial charge in [0, 0.05) is 50.1 Å². The molecule has 28 nitrogen and oxygen atoms in total. The summed E-state index contributed by atoms with van der Waals surface area (Å²) in [6.45, 7) is 2.44. The Kier molecular flexibility index (Phi) is 28.5. The van der Waals surface area contributed by atoms with E-state index in [0.717, 1.165) is 73.9 Å². The number of thioether (sulfide) groups is 1. The van der Waals surface area contributed by atoms with Gasteiger partial charge in [-0.2, -0.15) is 0 Å². The number of amides is 2. The summed E-state index contributed by atoms with van der Waals surface area (Å²) < 4.78 is 72.1. The summed E-state index contributed by atoms with van der Waals surface area (Å²) >= 11 is 1.13. The van der Waals surface area contributed by atoms with E-state index in [1.54, 1.807) is 6.92 Å². The zero-order chi connectivity index (χ0) is 56.8. The number of unbranched alkanes of at least 4 members (excludes halogenated alkanes) is 14. The quantitative estimate of drug-likeness (QED) is 0.0367. The number of rotatable bonds is 38. The molecule has 0 radical (unpaired) electrons. The van der Waals surface area contributed by atoms with Crippen LogP contribution in [0.2, 0.25) is 0 Å². The molecule has 2 aromatic rings. The standard InChI is InChI=1S/C45H80N7O21P3S/c1-30-31(53)25-32(54)44(70-30)67-23-18-16-14-12-10-8-6-4-5-7-9-11-13-15-17-19-35(56)77-24-22-47-34(55)20-21-48-42(59)39(58)45(2,3)27-69-76(65,66)73-75(63,64)68-26-33-38(72-74(60,61)62)37(57)43(71-33)52-29-51-36-40(46)49-28-50-41(36)52/h28-33,37-39,43-44,53-54,57-58H,4-27H2,1-3H3,(H,47,55)(H,48,59)(H,63,64)(H,65,66)(H2,46,49,50)(H2,60,61,62)/p-4/t30-,31+,32+,33+,37+,38+,39-,43+,44+/m0/s1. The van der Waals surface area contributed by atoms with Crippen molar-refractivity contribution in [2.45, 2.75) is 192 Å². The maximum Gasteiger partial charge on any atom is 0.274 e. The maximum absolute atomic E-state index is 12.7. The van der Waals surface area contributed by atoms with E-state index in [-0.39, 0.29) is 54.1 Å². The Bertz CT molecular complexity index is 2280. The predicted molar refractivity (Wildman–Crippen MR) is 269 cm³/mol. The van der Waals surface area contributed by atoms with Crippen molar-refractivity contribution in [2.75, 3.05) is 44.4 Å². The van der Waals surface area contributed by atoms with Gasteiger partial charge >= 0.3 is 0 Å². The fourth-order valence-corrected chi connectivity index (χ4v) is 11.8. The number of aliphatic hydroxyl groups is 4. The van der Waals surface area contributed by atoms with Crippen molar-refractivity contribution in [3.63, 3.8) is 0 Å². The van der Waals surface area contributed by atoms with Gasteiger partial charge in [0.05, 0.1) is 39.6 Å². The van der Waals surface area contributed by atoms with Crippen LogP contribution in [-0.4, -0.2) is 145 Å². The van der Waals surface area contributed by atoms with Crippen LogP contribution in [-0.2, 0) is 60.2 Å². The minimum absolute atomic E-state index is 0.0230. The fraction of sp³-hybridized carbons (Fsp3) is 0.822. The zero-order valence-corrected chi connectivity index (χ0v) is 47.2. The van der Waals surface area contributed by atoms with Crippen molar-refractivity contribution in [1.29, 1.82) is 0 Å². The molecule has 11 atom stereocenters. The summed E-state index contributed by atoms with van der Waals surface area (Å²) in [5, 5.41) is 46.3. The first-order valence-electron chi connectivity index (χ1n) is 25.9. The Morgan fingerprint density at radius 2 is 1.43 bits per heavy atom. The third-order valence-electron chi connectivity index (χ3n) is 12.7. The molecule has 2 fully saturated rings. The fourth-order valence-electron chi connectivity index (χ4n) is 8.31. The lowest BCUT2D eigenvalue weighted by Crippen LogP contribution is -2.47. The number of hydrogen-bond donors (Lipinski definition) is 7. The van der Waals surface area contributed by atoms with Crippen LogP contribution in [0.4, 0.5) is 5.82 Å². The number of fused-ring (bicyclic) bond motifs is 1. The molecular formula is C45H76N7O21P3S-4. The number of nitrogens with one attached hydrogen (secondary N) is 2. The number of nitrogen functional groups attached to an aromatic ring is 1. The second kappa shape index (κ2) is 32.7. The number of aliphatic hydroxyl groups excluding tert-OH is 4. The summed E-state index contributed by atoms with van der Waals surface area (Å²) in [5.41, 5.74) is 4.08. The molecule has 0 aliphatic carbocycles. The highest BCUT2D eigenvalue weighted by Gasteiger charge is 2.47. The second-order valence-electron chi connectivity index (χ2n) is 19.7. The summed E-state index contributed by atoms with van der Waals surface area (Å²) in [6, 6.07) is 0. The van der Waals surface area contributed by atoms with Gasteiger partial charge in [0.1, 0.15) is 42.4 Å². The first-order chi connectivity index (χ1) is 36.3. The lowest BCUT2D eigenvalue weighted by molar-refractivity contribution is -0.347. The van der Waals surface area contributed by atoms with Crippen LogP contribution in [0, 0.1) is 5.41 Å². The molecule has 2 amide bonds. The predicted octanol–water partition coefficient (Wildman–Crippen LogP) is 1.25. The molecule has 2 saturated heterocycles. The number of carbonyl (C=O) groups is 3. The van der Waals surface area contributed by atoms with Crippen molar-refractivity contribution in [3.05, 3.63) is 12.7 Å². The molecule has 0 saturated carbocycles. The van der Waals surface area contributed by atoms with Gasteiger partial charge in [0.25, 0.3) is 15.6 Å². The molecule has 8 N–H and O–H groups in total.